The number of aromatic nitrogens is 2. The van der Waals surface area contributed by atoms with Crippen LogP contribution in [0.25, 0.3) is 11.0 Å². The number of nitrogens with two attached hydrogens (primary N) is 1. The van der Waals surface area contributed by atoms with Crippen LogP contribution in [0.15, 0.2) is 18.2 Å². The zero-order chi connectivity index (χ0) is 11.9. The standard InChI is InChI=1S/C11H14IN3O/c1-11(2,16)6-15-9-4-3-7(12)5-8(9)14-10(15)13/h3-5,16H,6H2,1-2H3,(H2,13,14). The summed E-state index contributed by atoms with van der Waals surface area (Å²) < 4.78 is 2.96. The molecule has 0 spiro atoms. The first-order valence-corrected chi connectivity index (χ1v) is 6.08. The van der Waals surface area contributed by atoms with Gasteiger partial charge in [-0.3, -0.25) is 0 Å². The molecule has 16 heavy (non-hydrogen) atoms. The maximum atomic E-state index is 9.82. The number of anilines is 1. The summed E-state index contributed by atoms with van der Waals surface area (Å²) in [6.07, 6.45) is 0. The lowest BCUT2D eigenvalue weighted by atomic mass is 10.1. The first-order chi connectivity index (χ1) is 7.37. The molecule has 0 saturated carbocycles. The molecule has 1 aromatic carbocycles. The van der Waals surface area contributed by atoms with Crippen LogP contribution < -0.4 is 5.73 Å². The van der Waals surface area contributed by atoms with Crippen molar-refractivity contribution in [3.63, 3.8) is 0 Å². The average molecular weight is 331 g/mol. The molecule has 0 aliphatic rings. The zero-order valence-corrected chi connectivity index (χ0v) is 11.4. The summed E-state index contributed by atoms with van der Waals surface area (Å²) >= 11 is 2.24. The highest BCUT2D eigenvalue weighted by atomic mass is 127. The number of benzene rings is 1. The quantitative estimate of drug-likeness (QED) is 0.828. The molecule has 0 amide bonds. The van der Waals surface area contributed by atoms with E-state index in [-0.39, 0.29) is 0 Å². The number of hydrogen-bond donors (Lipinski definition) is 2. The van der Waals surface area contributed by atoms with E-state index in [2.05, 4.69) is 27.6 Å². The second-order valence-electron chi connectivity index (χ2n) is 4.50. The third-order valence-corrected chi connectivity index (χ3v) is 2.96. The van der Waals surface area contributed by atoms with E-state index in [1.807, 2.05) is 22.8 Å². The second-order valence-corrected chi connectivity index (χ2v) is 5.75. The van der Waals surface area contributed by atoms with Crippen LogP contribution in [-0.2, 0) is 6.54 Å². The Bertz CT molecular complexity index is 528. The van der Waals surface area contributed by atoms with Gasteiger partial charge in [-0.2, -0.15) is 0 Å². The van der Waals surface area contributed by atoms with E-state index in [9.17, 15) is 5.11 Å². The summed E-state index contributed by atoms with van der Waals surface area (Å²) in [6.45, 7) is 3.95. The van der Waals surface area contributed by atoms with Gasteiger partial charge in [0.15, 0.2) is 0 Å². The van der Waals surface area contributed by atoms with Crippen molar-refractivity contribution in [2.45, 2.75) is 26.0 Å². The van der Waals surface area contributed by atoms with Gasteiger partial charge in [-0.15, -0.1) is 0 Å². The van der Waals surface area contributed by atoms with E-state index in [1.165, 1.54) is 0 Å². The molecule has 4 nitrogen and oxygen atoms in total. The summed E-state index contributed by atoms with van der Waals surface area (Å²) in [5.74, 6) is 0.444. The molecule has 0 fully saturated rings. The fourth-order valence-electron chi connectivity index (χ4n) is 1.67. The summed E-state index contributed by atoms with van der Waals surface area (Å²) in [6, 6.07) is 5.96. The van der Waals surface area contributed by atoms with E-state index < -0.39 is 5.60 Å². The van der Waals surface area contributed by atoms with Crippen LogP contribution in [0.4, 0.5) is 5.95 Å². The number of aliphatic hydroxyl groups is 1. The van der Waals surface area contributed by atoms with Gasteiger partial charge in [0.05, 0.1) is 23.2 Å². The summed E-state index contributed by atoms with van der Waals surface area (Å²) in [5.41, 5.74) is 6.88. The van der Waals surface area contributed by atoms with Gasteiger partial charge in [-0.05, 0) is 54.6 Å². The third-order valence-electron chi connectivity index (χ3n) is 2.28. The second kappa shape index (κ2) is 3.89. The van der Waals surface area contributed by atoms with Crippen molar-refractivity contribution in [3.8, 4) is 0 Å². The number of nitrogens with zero attached hydrogens (tertiary/aromatic N) is 2. The zero-order valence-electron chi connectivity index (χ0n) is 9.24. The van der Waals surface area contributed by atoms with Crippen LogP contribution >= 0.6 is 22.6 Å². The van der Waals surface area contributed by atoms with E-state index in [0.29, 0.717) is 12.5 Å². The third kappa shape index (κ3) is 2.30. The Balaban J connectivity index is 2.56. The van der Waals surface area contributed by atoms with Gasteiger partial charge in [-0.25, -0.2) is 4.98 Å². The van der Waals surface area contributed by atoms with E-state index >= 15 is 0 Å². The van der Waals surface area contributed by atoms with Gasteiger partial charge in [0.1, 0.15) is 0 Å². The fraction of sp³-hybridized carbons (Fsp3) is 0.364. The minimum atomic E-state index is -0.801. The van der Waals surface area contributed by atoms with Crippen molar-refractivity contribution in [2.75, 3.05) is 5.73 Å². The molecule has 5 heteroatoms. The predicted octanol–water partition coefficient (Wildman–Crippen LogP) is 1.99. The average Bonchev–Trinajstić information content (AvgIpc) is 2.40. The Labute approximate surface area is 108 Å². The molecule has 0 unspecified atom stereocenters. The molecular weight excluding hydrogens is 317 g/mol. The highest BCUT2D eigenvalue weighted by Crippen LogP contribution is 2.22. The molecular formula is C11H14IN3O. The Morgan fingerprint density at radius 3 is 2.81 bits per heavy atom. The highest BCUT2D eigenvalue weighted by Gasteiger charge is 2.17. The topological polar surface area (TPSA) is 64.1 Å². The Hall–Kier alpha value is -0.820. The molecule has 0 saturated heterocycles. The van der Waals surface area contributed by atoms with Gasteiger partial charge in [0, 0.05) is 3.57 Å². The smallest absolute Gasteiger partial charge is 0.201 e. The van der Waals surface area contributed by atoms with Crippen molar-refractivity contribution in [3.05, 3.63) is 21.8 Å². The lowest BCUT2D eigenvalue weighted by molar-refractivity contribution is 0.0633. The van der Waals surface area contributed by atoms with E-state index in [0.717, 1.165) is 14.6 Å². The number of halogens is 1. The van der Waals surface area contributed by atoms with Crippen LogP contribution in [-0.4, -0.2) is 20.3 Å². The highest BCUT2D eigenvalue weighted by molar-refractivity contribution is 14.1. The van der Waals surface area contributed by atoms with E-state index in [4.69, 9.17) is 5.73 Å². The first kappa shape index (κ1) is 11.7. The molecule has 3 N–H and O–H groups in total. The maximum absolute atomic E-state index is 9.82. The van der Waals surface area contributed by atoms with Gasteiger partial charge >= 0.3 is 0 Å². The predicted molar refractivity (Wildman–Crippen MR) is 73.2 cm³/mol. The lowest BCUT2D eigenvalue weighted by Gasteiger charge is -2.19. The van der Waals surface area contributed by atoms with Crippen LogP contribution in [0, 0.1) is 3.57 Å². The molecule has 0 radical (unpaired) electrons. The van der Waals surface area contributed by atoms with Crippen LogP contribution in [0.5, 0.6) is 0 Å². The molecule has 1 aromatic heterocycles. The Morgan fingerprint density at radius 1 is 1.50 bits per heavy atom. The van der Waals surface area contributed by atoms with Crippen LogP contribution in [0.3, 0.4) is 0 Å². The van der Waals surface area contributed by atoms with Gasteiger partial charge in [0.25, 0.3) is 0 Å². The van der Waals surface area contributed by atoms with Gasteiger partial charge in [0.2, 0.25) is 5.95 Å². The number of hydrogen-bond acceptors (Lipinski definition) is 3. The van der Waals surface area contributed by atoms with E-state index in [1.54, 1.807) is 13.8 Å². The number of fused-ring (bicyclic) bond motifs is 1. The summed E-state index contributed by atoms with van der Waals surface area (Å²) in [7, 11) is 0. The monoisotopic (exact) mass is 331 g/mol. The molecule has 2 rings (SSSR count). The van der Waals surface area contributed by atoms with Gasteiger partial charge < -0.3 is 15.4 Å². The summed E-state index contributed by atoms with van der Waals surface area (Å²) in [5, 5.41) is 9.82. The SMILES string of the molecule is CC(C)(O)Cn1c(N)nc2cc(I)ccc21. The normalized spacial score (nSPS) is 12.2. The molecule has 0 bridgehead atoms. The summed E-state index contributed by atoms with van der Waals surface area (Å²) in [4.78, 5) is 4.28. The van der Waals surface area contributed by atoms with Crippen LogP contribution in [0.2, 0.25) is 0 Å². The Morgan fingerprint density at radius 2 is 2.19 bits per heavy atom. The molecule has 86 valence electrons. The molecule has 0 aliphatic carbocycles. The number of rotatable bonds is 2. The molecule has 0 aliphatic heterocycles. The first-order valence-electron chi connectivity index (χ1n) is 5.00. The largest absolute Gasteiger partial charge is 0.389 e. The van der Waals surface area contributed by atoms with Crippen molar-refractivity contribution >= 4 is 39.6 Å². The molecule has 0 atom stereocenters. The van der Waals surface area contributed by atoms with Crippen molar-refractivity contribution in [1.82, 2.24) is 9.55 Å². The van der Waals surface area contributed by atoms with Crippen molar-refractivity contribution in [2.24, 2.45) is 0 Å². The van der Waals surface area contributed by atoms with Crippen molar-refractivity contribution in [1.29, 1.82) is 0 Å². The Kier molecular flexibility index (Phi) is 2.83. The molecule has 2 aromatic rings. The number of imidazole rings is 1. The lowest BCUT2D eigenvalue weighted by Crippen LogP contribution is -2.26. The number of nitrogen functional groups attached to an aromatic ring is 1. The minimum absolute atomic E-state index is 0.440. The molecule has 1 heterocycles. The fourth-order valence-corrected chi connectivity index (χ4v) is 2.15. The van der Waals surface area contributed by atoms with Crippen LogP contribution in [0.1, 0.15) is 13.8 Å². The maximum Gasteiger partial charge on any atom is 0.201 e. The minimum Gasteiger partial charge on any atom is -0.389 e. The van der Waals surface area contributed by atoms with Gasteiger partial charge in [-0.1, -0.05) is 0 Å². The van der Waals surface area contributed by atoms with Crippen molar-refractivity contribution < 1.29 is 5.11 Å².